The third-order valence-electron chi connectivity index (χ3n) is 2.81. The van der Waals surface area contributed by atoms with E-state index in [2.05, 4.69) is 6.58 Å². The van der Waals surface area contributed by atoms with Crippen LogP contribution in [0.4, 0.5) is 0 Å². The number of primary sulfonamides is 1. The van der Waals surface area contributed by atoms with E-state index in [4.69, 9.17) is 9.88 Å². The molecule has 5 heteroatoms. The van der Waals surface area contributed by atoms with Gasteiger partial charge in [-0.2, -0.15) is 0 Å². The molecule has 0 saturated carbocycles. The van der Waals surface area contributed by atoms with Crippen LogP contribution < -0.4 is 9.88 Å². The van der Waals surface area contributed by atoms with E-state index in [1.54, 1.807) is 18.2 Å². The van der Waals surface area contributed by atoms with Crippen molar-refractivity contribution in [2.24, 2.45) is 5.14 Å². The van der Waals surface area contributed by atoms with Crippen molar-refractivity contribution in [2.75, 3.05) is 6.61 Å². The van der Waals surface area contributed by atoms with Gasteiger partial charge in [0.2, 0.25) is 10.0 Å². The van der Waals surface area contributed by atoms with Crippen LogP contribution >= 0.6 is 0 Å². The molecule has 0 fully saturated rings. The van der Waals surface area contributed by atoms with Crippen molar-refractivity contribution in [2.45, 2.75) is 31.1 Å². The number of ether oxygens (including phenoxy) is 1. The van der Waals surface area contributed by atoms with Crippen LogP contribution in [0.15, 0.2) is 35.7 Å². The minimum Gasteiger partial charge on any atom is -0.489 e. The van der Waals surface area contributed by atoms with Crippen molar-refractivity contribution < 1.29 is 13.2 Å². The maximum absolute atomic E-state index is 11.3. The van der Waals surface area contributed by atoms with Gasteiger partial charge < -0.3 is 4.74 Å². The fourth-order valence-electron chi connectivity index (χ4n) is 1.59. The first-order chi connectivity index (χ1) is 8.40. The molecule has 0 aliphatic carbocycles. The van der Waals surface area contributed by atoms with Gasteiger partial charge in [0.25, 0.3) is 0 Å². The smallest absolute Gasteiger partial charge is 0.238 e. The van der Waals surface area contributed by atoms with Crippen molar-refractivity contribution in [3.8, 4) is 5.75 Å². The van der Waals surface area contributed by atoms with Gasteiger partial charge in [0.1, 0.15) is 12.4 Å². The van der Waals surface area contributed by atoms with E-state index < -0.39 is 10.0 Å². The Morgan fingerprint density at radius 2 is 2.17 bits per heavy atom. The molecule has 1 aromatic rings. The number of rotatable bonds is 6. The Labute approximate surface area is 109 Å². The highest BCUT2D eigenvalue weighted by Crippen LogP contribution is 2.30. The molecule has 0 radical (unpaired) electrons. The summed E-state index contributed by atoms with van der Waals surface area (Å²) in [5.74, 6) is 0.878. The molecule has 0 aliphatic heterocycles. The van der Waals surface area contributed by atoms with Gasteiger partial charge >= 0.3 is 0 Å². The Kier molecular flexibility index (Phi) is 4.93. The summed E-state index contributed by atoms with van der Waals surface area (Å²) >= 11 is 0. The highest BCUT2D eigenvalue weighted by molar-refractivity contribution is 7.89. The molecule has 0 amide bonds. The van der Waals surface area contributed by atoms with Crippen LogP contribution in [0.25, 0.3) is 0 Å². The highest BCUT2D eigenvalue weighted by atomic mass is 32.2. The summed E-state index contributed by atoms with van der Waals surface area (Å²) in [6.45, 7) is 8.02. The van der Waals surface area contributed by atoms with Crippen LogP contribution in [0.5, 0.6) is 5.75 Å². The van der Waals surface area contributed by atoms with E-state index in [1.807, 2.05) is 13.8 Å². The van der Waals surface area contributed by atoms with E-state index in [0.29, 0.717) is 12.4 Å². The lowest BCUT2D eigenvalue weighted by Crippen LogP contribution is -2.13. The molecule has 4 nitrogen and oxygen atoms in total. The maximum Gasteiger partial charge on any atom is 0.238 e. The molecule has 1 atom stereocenters. The van der Waals surface area contributed by atoms with Crippen molar-refractivity contribution in [3.05, 3.63) is 36.4 Å². The number of hydrogen-bond acceptors (Lipinski definition) is 3. The van der Waals surface area contributed by atoms with Crippen molar-refractivity contribution in [1.82, 2.24) is 0 Å². The van der Waals surface area contributed by atoms with Gasteiger partial charge in [0.15, 0.2) is 0 Å². The molecule has 0 aromatic heterocycles. The first-order valence-electron chi connectivity index (χ1n) is 5.80. The van der Waals surface area contributed by atoms with E-state index in [0.717, 1.165) is 12.0 Å². The second kappa shape index (κ2) is 6.02. The summed E-state index contributed by atoms with van der Waals surface area (Å²) in [5.41, 5.74) is 0.853. The average Bonchev–Trinajstić information content (AvgIpc) is 2.34. The summed E-state index contributed by atoms with van der Waals surface area (Å²) in [5, 5.41) is 5.13. The van der Waals surface area contributed by atoms with Crippen LogP contribution in [-0.2, 0) is 10.0 Å². The van der Waals surface area contributed by atoms with Crippen molar-refractivity contribution in [3.63, 3.8) is 0 Å². The molecule has 0 bridgehead atoms. The van der Waals surface area contributed by atoms with Crippen molar-refractivity contribution in [1.29, 1.82) is 0 Å². The predicted molar refractivity (Wildman–Crippen MR) is 72.2 cm³/mol. The molecule has 0 heterocycles. The zero-order valence-electron chi connectivity index (χ0n) is 10.7. The Balaban J connectivity index is 3.24. The summed E-state index contributed by atoms with van der Waals surface area (Å²) in [6.07, 6.45) is 2.53. The zero-order chi connectivity index (χ0) is 13.8. The van der Waals surface area contributed by atoms with Gasteiger partial charge in [-0.15, -0.1) is 0 Å². The summed E-state index contributed by atoms with van der Waals surface area (Å²) < 4.78 is 28.2. The van der Waals surface area contributed by atoms with Crippen molar-refractivity contribution >= 4 is 10.0 Å². The van der Waals surface area contributed by atoms with E-state index in [1.165, 1.54) is 6.07 Å². The minimum absolute atomic E-state index is 0.115. The zero-order valence-corrected chi connectivity index (χ0v) is 11.5. The number of hydrogen-bond donors (Lipinski definition) is 1. The highest BCUT2D eigenvalue weighted by Gasteiger charge is 2.15. The molecule has 0 spiro atoms. The molecule has 1 rings (SSSR count). The fraction of sp³-hybridized carbons (Fsp3) is 0.385. The molecule has 0 aliphatic rings. The minimum atomic E-state index is -3.68. The monoisotopic (exact) mass is 269 g/mol. The molecule has 2 N–H and O–H groups in total. The lowest BCUT2D eigenvalue weighted by atomic mass is 9.98. The van der Waals surface area contributed by atoms with Gasteiger partial charge in [0.05, 0.1) is 4.90 Å². The second-order valence-corrected chi connectivity index (χ2v) is 5.72. The number of benzene rings is 1. The lowest BCUT2D eigenvalue weighted by molar-refractivity contribution is 0.356. The van der Waals surface area contributed by atoms with Crippen LogP contribution in [0, 0.1) is 0 Å². The molecular formula is C13H19NO3S. The Morgan fingerprint density at radius 1 is 1.50 bits per heavy atom. The number of nitrogens with two attached hydrogens (primary N) is 1. The van der Waals surface area contributed by atoms with Gasteiger partial charge in [-0.05, 0) is 36.1 Å². The van der Waals surface area contributed by atoms with Gasteiger partial charge in [-0.1, -0.05) is 26.5 Å². The lowest BCUT2D eigenvalue weighted by Gasteiger charge is -2.16. The van der Waals surface area contributed by atoms with E-state index in [-0.39, 0.29) is 10.8 Å². The predicted octanol–water partition coefficient (Wildman–Crippen LogP) is 2.41. The Morgan fingerprint density at radius 3 is 2.67 bits per heavy atom. The molecule has 1 aromatic carbocycles. The quantitative estimate of drug-likeness (QED) is 0.806. The summed E-state index contributed by atoms with van der Waals surface area (Å²) in [4.78, 5) is 0.115. The van der Waals surface area contributed by atoms with Crippen LogP contribution in [0.2, 0.25) is 0 Å². The van der Waals surface area contributed by atoms with Crippen LogP contribution in [-0.4, -0.2) is 15.0 Å². The molecule has 1 unspecified atom stereocenters. The third kappa shape index (κ3) is 3.58. The molecule has 0 saturated heterocycles. The Bertz CT molecular complexity index is 523. The molecule has 18 heavy (non-hydrogen) atoms. The first kappa shape index (κ1) is 14.7. The van der Waals surface area contributed by atoms with Crippen LogP contribution in [0.1, 0.15) is 31.7 Å². The van der Waals surface area contributed by atoms with E-state index >= 15 is 0 Å². The fourth-order valence-corrected chi connectivity index (χ4v) is 2.14. The largest absolute Gasteiger partial charge is 0.489 e. The van der Waals surface area contributed by atoms with Gasteiger partial charge in [-0.3, -0.25) is 0 Å². The SMILES string of the molecule is C=CCOc1ccc(S(N)(=O)=O)cc1C(C)CC. The normalized spacial score (nSPS) is 13.1. The van der Waals surface area contributed by atoms with Crippen LogP contribution in [0.3, 0.4) is 0 Å². The Hall–Kier alpha value is -1.33. The molecular weight excluding hydrogens is 250 g/mol. The molecule has 100 valence electrons. The summed E-state index contributed by atoms with van der Waals surface area (Å²) in [7, 11) is -3.68. The van der Waals surface area contributed by atoms with Gasteiger partial charge in [0, 0.05) is 0 Å². The maximum atomic E-state index is 11.3. The van der Waals surface area contributed by atoms with Gasteiger partial charge in [-0.25, -0.2) is 13.6 Å². The summed E-state index contributed by atoms with van der Waals surface area (Å²) in [6, 6.07) is 4.69. The third-order valence-corrected chi connectivity index (χ3v) is 3.72. The topological polar surface area (TPSA) is 69.4 Å². The number of sulfonamides is 1. The standard InChI is InChI=1S/C13H19NO3S/c1-4-8-17-13-7-6-11(18(14,15)16)9-12(13)10(3)5-2/h4,6-7,9-10H,1,5,8H2,2-3H3,(H2,14,15,16). The van der Waals surface area contributed by atoms with E-state index in [9.17, 15) is 8.42 Å². The first-order valence-corrected chi connectivity index (χ1v) is 7.35. The average molecular weight is 269 g/mol. The second-order valence-electron chi connectivity index (χ2n) is 4.15.